The number of allylic oxidation sites excluding steroid dienone is 5. The SMILES string of the molecule is C=C\C=C/C(=C\C=C)/N=N\C(C)C. The lowest BCUT2D eigenvalue weighted by Gasteiger charge is -1.93. The zero-order valence-electron chi connectivity index (χ0n) is 8.27. The van der Waals surface area contributed by atoms with E-state index < -0.39 is 0 Å². The molecule has 2 nitrogen and oxygen atoms in total. The van der Waals surface area contributed by atoms with Crippen molar-refractivity contribution in [2.75, 3.05) is 0 Å². The molecule has 0 N–H and O–H groups in total. The number of hydrogen-bond donors (Lipinski definition) is 0. The smallest absolute Gasteiger partial charge is 0.0852 e. The minimum absolute atomic E-state index is 0.213. The van der Waals surface area contributed by atoms with Crippen LogP contribution in [0.5, 0.6) is 0 Å². The molecule has 0 bridgehead atoms. The molecule has 0 aliphatic carbocycles. The summed E-state index contributed by atoms with van der Waals surface area (Å²) in [6, 6.07) is 0.213. The third-order valence-electron chi connectivity index (χ3n) is 1.10. The molecule has 2 heteroatoms. The van der Waals surface area contributed by atoms with Crippen molar-refractivity contribution in [3.63, 3.8) is 0 Å². The predicted molar refractivity (Wildman–Crippen MR) is 57.6 cm³/mol. The summed E-state index contributed by atoms with van der Waals surface area (Å²) in [4.78, 5) is 0. The minimum Gasteiger partial charge on any atom is -0.186 e. The fourth-order valence-corrected chi connectivity index (χ4v) is 0.592. The van der Waals surface area contributed by atoms with Gasteiger partial charge in [0.2, 0.25) is 0 Å². The van der Waals surface area contributed by atoms with Crippen LogP contribution in [-0.4, -0.2) is 6.04 Å². The van der Waals surface area contributed by atoms with Gasteiger partial charge in [0.05, 0.1) is 11.7 Å². The van der Waals surface area contributed by atoms with Crippen LogP contribution in [0.4, 0.5) is 0 Å². The molecule has 0 fully saturated rings. The second-order valence-corrected chi connectivity index (χ2v) is 2.73. The fraction of sp³-hybridized carbons (Fsp3) is 0.273. The van der Waals surface area contributed by atoms with Gasteiger partial charge in [0.1, 0.15) is 0 Å². The highest BCUT2D eigenvalue weighted by molar-refractivity contribution is 5.23. The molecule has 0 radical (unpaired) electrons. The zero-order chi connectivity index (χ0) is 10.1. The molecule has 0 saturated heterocycles. The molecule has 0 unspecified atom stereocenters. The maximum Gasteiger partial charge on any atom is 0.0852 e. The Kier molecular flexibility index (Phi) is 6.42. The molecule has 0 aromatic heterocycles. The Balaban J connectivity index is 4.44. The number of nitrogens with zero attached hydrogens (tertiary/aromatic N) is 2. The summed E-state index contributed by atoms with van der Waals surface area (Å²) in [5, 5.41) is 8.05. The van der Waals surface area contributed by atoms with Crippen molar-refractivity contribution in [3.05, 3.63) is 49.2 Å². The van der Waals surface area contributed by atoms with E-state index >= 15 is 0 Å². The van der Waals surface area contributed by atoms with Crippen LogP contribution in [-0.2, 0) is 0 Å². The van der Waals surface area contributed by atoms with Crippen LogP contribution in [0.15, 0.2) is 59.5 Å². The fourth-order valence-electron chi connectivity index (χ4n) is 0.592. The topological polar surface area (TPSA) is 24.7 Å². The molecule has 0 aromatic carbocycles. The van der Waals surface area contributed by atoms with Gasteiger partial charge in [-0.25, -0.2) is 0 Å². The van der Waals surface area contributed by atoms with E-state index in [1.165, 1.54) is 0 Å². The van der Waals surface area contributed by atoms with Gasteiger partial charge in [0, 0.05) is 0 Å². The average molecular weight is 176 g/mol. The Labute approximate surface area is 80.1 Å². The Bertz CT molecular complexity index is 245. The first-order valence-electron chi connectivity index (χ1n) is 4.23. The van der Waals surface area contributed by atoms with Crippen LogP contribution in [0, 0.1) is 0 Å². The Morgan fingerprint density at radius 1 is 1.23 bits per heavy atom. The summed E-state index contributed by atoms with van der Waals surface area (Å²) in [5.74, 6) is 0. The van der Waals surface area contributed by atoms with Crippen LogP contribution in [0.3, 0.4) is 0 Å². The van der Waals surface area contributed by atoms with E-state index in [4.69, 9.17) is 0 Å². The quantitative estimate of drug-likeness (QED) is 0.451. The third kappa shape index (κ3) is 6.94. The van der Waals surface area contributed by atoms with Crippen molar-refractivity contribution in [1.29, 1.82) is 0 Å². The Morgan fingerprint density at radius 3 is 2.38 bits per heavy atom. The highest BCUT2D eigenvalue weighted by atomic mass is 15.1. The second-order valence-electron chi connectivity index (χ2n) is 2.73. The van der Waals surface area contributed by atoms with E-state index in [2.05, 4.69) is 23.4 Å². The van der Waals surface area contributed by atoms with Gasteiger partial charge >= 0.3 is 0 Å². The van der Waals surface area contributed by atoms with Gasteiger partial charge < -0.3 is 0 Å². The largest absolute Gasteiger partial charge is 0.186 e. The van der Waals surface area contributed by atoms with Crippen LogP contribution in [0.2, 0.25) is 0 Å². The summed E-state index contributed by atoms with van der Waals surface area (Å²) in [6.07, 6.45) is 8.82. The van der Waals surface area contributed by atoms with Gasteiger partial charge in [-0.05, 0) is 26.0 Å². The van der Waals surface area contributed by atoms with Gasteiger partial charge in [0.15, 0.2) is 0 Å². The van der Waals surface area contributed by atoms with E-state index in [9.17, 15) is 0 Å². The van der Waals surface area contributed by atoms with Gasteiger partial charge in [0.25, 0.3) is 0 Å². The number of rotatable bonds is 5. The lowest BCUT2D eigenvalue weighted by atomic mass is 10.3. The summed E-state index contributed by atoms with van der Waals surface area (Å²) in [5.41, 5.74) is 0.781. The van der Waals surface area contributed by atoms with Gasteiger partial charge in [-0.3, -0.25) is 0 Å². The molecule has 0 amide bonds. The van der Waals surface area contributed by atoms with Crippen LogP contribution < -0.4 is 0 Å². The molecule has 0 aliphatic heterocycles. The highest BCUT2D eigenvalue weighted by Crippen LogP contribution is 2.02. The highest BCUT2D eigenvalue weighted by Gasteiger charge is 1.88. The van der Waals surface area contributed by atoms with E-state index in [0.29, 0.717) is 0 Å². The van der Waals surface area contributed by atoms with Crippen molar-refractivity contribution in [3.8, 4) is 0 Å². The van der Waals surface area contributed by atoms with Crippen molar-refractivity contribution in [1.82, 2.24) is 0 Å². The van der Waals surface area contributed by atoms with Crippen molar-refractivity contribution < 1.29 is 0 Å². The minimum atomic E-state index is 0.213. The van der Waals surface area contributed by atoms with Gasteiger partial charge in [-0.15, -0.1) is 0 Å². The molecule has 0 rings (SSSR count). The first kappa shape index (κ1) is 11.6. The number of hydrogen-bond acceptors (Lipinski definition) is 2. The molecular formula is C11H16N2. The van der Waals surface area contributed by atoms with Gasteiger partial charge in [-0.2, -0.15) is 10.2 Å². The molecule has 70 valence electrons. The maximum absolute atomic E-state index is 4.03. The zero-order valence-corrected chi connectivity index (χ0v) is 8.27. The summed E-state index contributed by atoms with van der Waals surface area (Å²) < 4.78 is 0. The van der Waals surface area contributed by atoms with Crippen LogP contribution in [0.25, 0.3) is 0 Å². The standard InChI is InChI=1S/C11H16N2/c1-5-7-9-11(8-6-2)13-12-10(3)4/h5-10H,1-2H2,3-4H3/b9-7-,11-8+,13-12-. The van der Waals surface area contributed by atoms with E-state index in [1.807, 2.05) is 26.0 Å². The predicted octanol–water partition coefficient (Wildman–Crippen LogP) is 3.66. The van der Waals surface area contributed by atoms with E-state index in [0.717, 1.165) is 5.70 Å². The van der Waals surface area contributed by atoms with Crippen molar-refractivity contribution >= 4 is 0 Å². The molecule has 0 atom stereocenters. The summed E-state index contributed by atoms with van der Waals surface area (Å²) in [6.45, 7) is 11.1. The lowest BCUT2D eigenvalue weighted by molar-refractivity contribution is 0.771. The third-order valence-corrected chi connectivity index (χ3v) is 1.10. The summed E-state index contributed by atoms with van der Waals surface area (Å²) in [7, 11) is 0. The lowest BCUT2D eigenvalue weighted by Crippen LogP contribution is -1.85. The molecule has 0 aromatic rings. The van der Waals surface area contributed by atoms with Crippen molar-refractivity contribution in [2.24, 2.45) is 10.2 Å². The first-order valence-corrected chi connectivity index (χ1v) is 4.23. The molecule has 13 heavy (non-hydrogen) atoms. The molecule has 0 heterocycles. The first-order chi connectivity index (χ1) is 6.20. The Hall–Kier alpha value is -1.44. The number of azo groups is 1. The molecule has 0 aliphatic rings. The van der Waals surface area contributed by atoms with Gasteiger partial charge in [-0.1, -0.05) is 31.4 Å². The average Bonchev–Trinajstić information content (AvgIpc) is 2.09. The Morgan fingerprint density at radius 2 is 1.92 bits per heavy atom. The van der Waals surface area contributed by atoms with E-state index in [-0.39, 0.29) is 6.04 Å². The molecule has 0 spiro atoms. The van der Waals surface area contributed by atoms with Crippen LogP contribution >= 0.6 is 0 Å². The second kappa shape index (κ2) is 7.22. The van der Waals surface area contributed by atoms with E-state index in [1.54, 1.807) is 18.2 Å². The normalized spacial score (nSPS) is 13.0. The maximum atomic E-state index is 4.03. The molecular weight excluding hydrogens is 160 g/mol. The van der Waals surface area contributed by atoms with Crippen LogP contribution in [0.1, 0.15) is 13.8 Å². The molecule has 0 saturated carbocycles. The van der Waals surface area contributed by atoms with Crippen molar-refractivity contribution in [2.45, 2.75) is 19.9 Å². The summed E-state index contributed by atoms with van der Waals surface area (Å²) >= 11 is 0. The monoisotopic (exact) mass is 176 g/mol.